The van der Waals surface area contributed by atoms with E-state index in [9.17, 15) is 10.2 Å². The molecule has 1 aromatic carbocycles. The van der Waals surface area contributed by atoms with Crippen molar-refractivity contribution >= 4 is 0 Å². The van der Waals surface area contributed by atoms with Crippen LogP contribution in [0.25, 0.3) is 0 Å². The zero-order valence-corrected chi connectivity index (χ0v) is 16.1. The highest BCUT2D eigenvalue weighted by Gasteiger charge is 2.12. The third-order valence-corrected chi connectivity index (χ3v) is 3.49. The minimum Gasteiger partial charge on any atom is -0.487 e. The summed E-state index contributed by atoms with van der Waals surface area (Å²) in [7, 11) is 0. The van der Waals surface area contributed by atoms with Crippen LogP contribution in [-0.2, 0) is 0 Å². The molecule has 1 rings (SSSR count). The molecule has 6 heteroatoms. The number of ether oxygens (including phenoxy) is 2. The number of hydrogen-bond acceptors (Lipinski definition) is 6. The van der Waals surface area contributed by atoms with Crippen LogP contribution in [0.2, 0.25) is 0 Å². The van der Waals surface area contributed by atoms with E-state index in [1.807, 2.05) is 52.8 Å². The Kier molecular flexibility index (Phi) is 9.82. The maximum Gasteiger partial charge on any atom is 0.161 e. The summed E-state index contributed by atoms with van der Waals surface area (Å²) >= 11 is 0. The van der Waals surface area contributed by atoms with Gasteiger partial charge in [-0.3, -0.25) is 0 Å². The highest BCUT2D eigenvalue weighted by molar-refractivity contribution is 5.42. The van der Waals surface area contributed by atoms with Crippen LogP contribution in [0.15, 0.2) is 18.2 Å². The lowest BCUT2D eigenvalue weighted by Gasteiger charge is -2.19. The number of aryl methyl sites for hydroxylation is 1. The highest BCUT2D eigenvalue weighted by Crippen LogP contribution is 2.28. The van der Waals surface area contributed by atoms with Gasteiger partial charge in [0.1, 0.15) is 25.4 Å². The van der Waals surface area contributed by atoms with Crippen LogP contribution in [0.4, 0.5) is 0 Å². The van der Waals surface area contributed by atoms with Gasteiger partial charge in [-0.25, -0.2) is 0 Å². The van der Waals surface area contributed by atoms with E-state index < -0.39 is 12.2 Å². The molecule has 25 heavy (non-hydrogen) atoms. The molecular weight excluding hydrogens is 320 g/mol. The predicted octanol–water partition coefficient (Wildman–Crippen LogP) is 1.47. The maximum atomic E-state index is 9.98. The molecule has 0 saturated heterocycles. The molecular formula is C19H34N2O4. The Balaban J connectivity index is 2.54. The lowest BCUT2D eigenvalue weighted by atomic mass is 10.2. The van der Waals surface area contributed by atoms with Gasteiger partial charge in [-0.1, -0.05) is 33.8 Å². The molecule has 0 fully saturated rings. The van der Waals surface area contributed by atoms with Crippen LogP contribution in [0, 0.1) is 6.92 Å². The number of aliphatic hydroxyl groups is 2. The first-order valence-corrected chi connectivity index (χ1v) is 8.97. The summed E-state index contributed by atoms with van der Waals surface area (Å²) in [6.07, 6.45) is -1.20. The minimum absolute atomic E-state index is 0.177. The van der Waals surface area contributed by atoms with Gasteiger partial charge in [-0.2, -0.15) is 0 Å². The number of hydrogen-bond donors (Lipinski definition) is 4. The molecule has 0 aliphatic heterocycles. The molecule has 0 amide bonds. The van der Waals surface area contributed by atoms with Crippen LogP contribution >= 0.6 is 0 Å². The van der Waals surface area contributed by atoms with E-state index in [-0.39, 0.29) is 13.2 Å². The molecule has 6 nitrogen and oxygen atoms in total. The average molecular weight is 354 g/mol. The summed E-state index contributed by atoms with van der Waals surface area (Å²) in [5, 5.41) is 26.3. The molecule has 0 spiro atoms. The quantitative estimate of drug-likeness (QED) is 0.455. The van der Waals surface area contributed by atoms with Gasteiger partial charge < -0.3 is 30.3 Å². The lowest BCUT2D eigenvalue weighted by molar-refractivity contribution is 0.0909. The first-order valence-electron chi connectivity index (χ1n) is 8.97. The Labute approximate surface area is 151 Å². The molecule has 0 bridgehead atoms. The standard InChI is InChI=1S/C19H34N2O4/c1-13(2)20-9-16(22)11-24-18-7-6-15(5)8-19(18)25-12-17(23)10-21-14(3)4/h6-8,13-14,16-17,20-23H,9-12H2,1-5H3. The van der Waals surface area contributed by atoms with Crippen molar-refractivity contribution in [3.05, 3.63) is 23.8 Å². The van der Waals surface area contributed by atoms with Crippen molar-refractivity contribution in [1.29, 1.82) is 0 Å². The second-order valence-electron chi connectivity index (χ2n) is 7.01. The molecule has 1 aromatic rings. The van der Waals surface area contributed by atoms with Gasteiger partial charge in [-0.15, -0.1) is 0 Å². The smallest absolute Gasteiger partial charge is 0.161 e. The van der Waals surface area contributed by atoms with Crippen LogP contribution in [0.1, 0.15) is 33.3 Å². The Morgan fingerprint density at radius 2 is 1.32 bits per heavy atom. The van der Waals surface area contributed by atoms with Crippen molar-refractivity contribution in [2.75, 3.05) is 26.3 Å². The predicted molar refractivity (Wildman–Crippen MR) is 100 cm³/mol. The summed E-state index contributed by atoms with van der Waals surface area (Å²) in [6, 6.07) is 6.25. The number of benzene rings is 1. The van der Waals surface area contributed by atoms with Gasteiger partial charge in [0.15, 0.2) is 11.5 Å². The van der Waals surface area contributed by atoms with Crippen LogP contribution in [0.3, 0.4) is 0 Å². The molecule has 144 valence electrons. The first kappa shape index (κ1) is 21.7. The van der Waals surface area contributed by atoms with Crippen molar-refractivity contribution < 1.29 is 19.7 Å². The third kappa shape index (κ3) is 9.65. The van der Waals surface area contributed by atoms with Gasteiger partial charge in [-0.05, 0) is 24.6 Å². The Hall–Kier alpha value is -1.34. The normalized spacial score (nSPS) is 14.0. The first-order chi connectivity index (χ1) is 11.8. The molecule has 0 saturated carbocycles. The Morgan fingerprint density at radius 1 is 0.840 bits per heavy atom. The number of rotatable bonds is 12. The van der Waals surface area contributed by atoms with E-state index in [2.05, 4.69) is 10.6 Å². The topological polar surface area (TPSA) is 83.0 Å². The second-order valence-corrected chi connectivity index (χ2v) is 7.01. The summed E-state index contributed by atoms with van der Waals surface area (Å²) < 4.78 is 11.4. The van der Waals surface area contributed by atoms with Gasteiger partial charge in [0.05, 0.1) is 0 Å². The summed E-state index contributed by atoms with van der Waals surface area (Å²) in [6.45, 7) is 11.4. The van der Waals surface area contributed by atoms with Gasteiger partial charge in [0, 0.05) is 25.2 Å². The molecule has 4 N–H and O–H groups in total. The molecule has 0 aromatic heterocycles. The fourth-order valence-corrected chi connectivity index (χ4v) is 2.08. The lowest BCUT2D eigenvalue weighted by Crippen LogP contribution is -2.35. The van der Waals surface area contributed by atoms with Crippen molar-refractivity contribution in [1.82, 2.24) is 10.6 Å². The molecule has 0 radical (unpaired) electrons. The molecule has 0 aliphatic carbocycles. The average Bonchev–Trinajstić information content (AvgIpc) is 2.55. The van der Waals surface area contributed by atoms with Crippen LogP contribution in [0.5, 0.6) is 11.5 Å². The Bertz CT molecular complexity index is 494. The number of aliphatic hydroxyl groups excluding tert-OH is 2. The van der Waals surface area contributed by atoms with Crippen molar-refractivity contribution in [3.63, 3.8) is 0 Å². The summed E-state index contributed by atoms with van der Waals surface area (Å²) in [4.78, 5) is 0. The Morgan fingerprint density at radius 3 is 1.80 bits per heavy atom. The van der Waals surface area contributed by atoms with E-state index in [1.54, 1.807) is 0 Å². The van der Waals surface area contributed by atoms with Crippen LogP contribution in [-0.4, -0.2) is 60.8 Å². The largest absolute Gasteiger partial charge is 0.487 e. The van der Waals surface area contributed by atoms with Gasteiger partial charge in [0.25, 0.3) is 0 Å². The third-order valence-electron chi connectivity index (χ3n) is 3.49. The van der Waals surface area contributed by atoms with E-state index in [1.165, 1.54) is 0 Å². The molecule has 0 aliphatic rings. The van der Waals surface area contributed by atoms with Crippen molar-refractivity contribution in [3.8, 4) is 11.5 Å². The minimum atomic E-state index is -0.600. The molecule has 2 unspecified atom stereocenters. The fourth-order valence-electron chi connectivity index (χ4n) is 2.08. The SMILES string of the molecule is Cc1ccc(OCC(O)CNC(C)C)c(OCC(O)CNC(C)C)c1. The maximum absolute atomic E-state index is 9.98. The monoisotopic (exact) mass is 354 g/mol. The number of nitrogens with one attached hydrogen (secondary N) is 2. The van der Waals surface area contributed by atoms with Gasteiger partial charge in [0.2, 0.25) is 0 Å². The van der Waals surface area contributed by atoms with Crippen LogP contribution < -0.4 is 20.1 Å². The zero-order chi connectivity index (χ0) is 18.8. The van der Waals surface area contributed by atoms with E-state index in [4.69, 9.17) is 9.47 Å². The second kappa shape index (κ2) is 11.3. The van der Waals surface area contributed by atoms with Crippen molar-refractivity contribution in [2.45, 2.75) is 58.9 Å². The van der Waals surface area contributed by atoms with E-state index in [0.717, 1.165) is 5.56 Å². The summed E-state index contributed by atoms with van der Waals surface area (Å²) in [5.74, 6) is 1.14. The molecule has 0 heterocycles. The van der Waals surface area contributed by atoms with E-state index in [0.29, 0.717) is 36.7 Å². The molecule has 2 atom stereocenters. The zero-order valence-electron chi connectivity index (χ0n) is 16.1. The van der Waals surface area contributed by atoms with Crippen molar-refractivity contribution in [2.24, 2.45) is 0 Å². The highest BCUT2D eigenvalue weighted by atomic mass is 16.5. The summed E-state index contributed by atoms with van der Waals surface area (Å²) in [5.41, 5.74) is 1.04. The fraction of sp³-hybridized carbons (Fsp3) is 0.684. The van der Waals surface area contributed by atoms with Gasteiger partial charge >= 0.3 is 0 Å². The van der Waals surface area contributed by atoms with E-state index >= 15 is 0 Å².